The maximum atomic E-state index is 14.3. The monoisotopic (exact) mass is 464 g/mol. The van der Waals surface area contributed by atoms with E-state index in [1.54, 1.807) is 0 Å². The van der Waals surface area contributed by atoms with Gasteiger partial charge in [0.1, 0.15) is 6.42 Å². The fourth-order valence-corrected chi connectivity index (χ4v) is 6.23. The lowest BCUT2D eigenvalue weighted by atomic mass is 10.1. The first-order valence-electron chi connectivity index (χ1n) is 10.8. The summed E-state index contributed by atoms with van der Waals surface area (Å²) < 4.78 is 18.9. The van der Waals surface area contributed by atoms with E-state index in [0.717, 1.165) is 16.7 Å². The quantitative estimate of drug-likeness (QED) is 0.189. The number of hydrogen-bond acceptors (Lipinski definition) is 4. The van der Waals surface area contributed by atoms with Crippen molar-refractivity contribution in [3.63, 3.8) is 0 Å². The second-order valence-electron chi connectivity index (χ2n) is 7.87. The predicted molar refractivity (Wildman–Crippen MR) is 130 cm³/mol. The van der Waals surface area contributed by atoms with Crippen LogP contribution in [0.3, 0.4) is 0 Å². The van der Waals surface area contributed by atoms with Crippen LogP contribution < -0.4 is 10.4 Å². The molecule has 172 valence electrons. The second kappa shape index (κ2) is 12.1. The van der Waals surface area contributed by atoms with Gasteiger partial charge in [-0.05, 0) is 16.7 Å². The molecule has 2 N–H and O–H groups in total. The molecule has 0 saturated carbocycles. The predicted octanol–water partition coefficient (Wildman–Crippen LogP) is 4.50. The summed E-state index contributed by atoms with van der Waals surface area (Å²) in [6.07, 6.45) is 0.0664. The average Bonchev–Trinajstić information content (AvgIpc) is 2.80. The van der Waals surface area contributed by atoms with E-state index in [1.807, 2.05) is 91.0 Å². The summed E-state index contributed by atoms with van der Waals surface area (Å²) in [5.41, 5.74) is 2.87. The second-order valence-corrected chi connectivity index (χ2v) is 10.5. The molecule has 7 heteroatoms. The van der Waals surface area contributed by atoms with Gasteiger partial charge in [0.15, 0.2) is 7.29 Å². The van der Waals surface area contributed by atoms with E-state index in [4.69, 9.17) is 0 Å². The lowest BCUT2D eigenvalue weighted by molar-refractivity contribution is -0.143. The molecule has 1 atom stereocenters. The average molecular weight is 465 g/mol. The van der Waals surface area contributed by atoms with E-state index >= 15 is 0 Å². The molecule has 0 aliphatic heterocycles. The number of carbonyl (C=O) groups excluding carboxylic acids is 2. The first-order valence-corrected chi connectivity index (χ1v) is 12.9. The van der Waals surface area contributed by atoms with Gasteiger partial charge in [0.2, 0.25) is 5.91 Å². The van der Waals surface area contributed by atoms with Crippen LogP contribution in [0.2, 0.25) is 0 Å². The standard InChI is InChI=1S/C26H29N2O4P/c1-32-26(30)18-25(29)27-24(17-21-11-5-2-6-12-21)28-33(31,19-22-13-7-3-8-14-22)20-23-15-9-4-10-16-23/h2-16,24H,17-20H2,1H3,(H,27,29)(H,28,31). The van der Waals surface area contributed by atoms with Crippen molar-refractivity contribution in [2.24, 2.45) is 0 Å². The zero-order chi connectivity index (χ0) is 23.5. The molecule has 0 aromatic heterocycles. The van der Waals surface area contributed by atoms with E-state index in [1.165, 1.54) is 7.11 Å². The lowest BCUT2D eigenvalue weighted by Gasteiger charge is -2.27. The Kier molecular flexibility index (Phi) is 8.99. The molecule has 0 aliphatic rings. The largest absolute Gasteiger partial charge is 0.469 e. The number of benzene rings is 3. The van der Waals surface area contributed by atoms with Gasteiger partial charge < -0.3 is 14.6 Å². The third-order valence-corrected chi connectivity index (χ3v) is 7.64. The minimum atomic E-state index is -3.03. The Hall–Kier alpha value is -3.21. The van der Waals surface area contributed by atoms with Gasteiger partial charge in [-0.3, -0.25) is 9.59 Å². The molecule has 33 heavy (non-hydrogen) atoms. The highest BCUT2D eigenvalue weighted by Gasteiger charge is 2.28. The molecular formula is C26H29N2O4P. The zero-order valence-corrected chi connectivity index (χ0v) is 19.5. The maximum Gasteiger partial charge on any atom is 0.315 e. The highest BCUT2D eigenvalue weighted by Crippen LogP contribution is 2.48. The summed E-state index contributed by atoms with van der Waals surface area (Å²) in [6.45, 7) is 0. The van der Waals surface area contributed by atoms with Crippen molar-refractivity contribution >= 4 is 19.2 Å². The van der Waals surface area contributed by atoms with Crippen molar-refractivity contribution in [1.82, 2.24) is 10.4 Å². The van der Waals surface area contributed by atoms with E-state index in [9.17, 15) is 14.2 Å². The summed E-state index contributed by atoms with van der Waals surface area (Å²) in [7, 11) is -1.80. The van der Waals surface area contributed by atoms with Crippen LogP contribution in [0.4, 0.5) is 0 Å². The van der Waals surface area contributed by atoms with E-state index in [0.29, 0.717) is 18.7 Å². The molecular weight excluding hydrogens is 435 g/mol. The van der Waals surface area contributed by atoms with Crippen LogP contribution >= 0.6 is 7.29 Å². The van der Waals surface area contributed by atoms with Gasteiger partial charge in [0.25, 0.3) is 0 Å². The number of rotatable bonds is 11. The zero-order valence-electron chi connectivity index (χ0n) is 18.6. The molecule has 6 nitrogen and oxygen atoms in total. The first-order chi connectivity index (χ1) is 16.0. The molecule has 3 aromatic rings. The number of hydrogen-bond donors (Lipinski definition) is 2. The highest BCUT2D eigenvalue weighted by molar-refractivity contribution is 7.60. The minimum absolute atomic E-state index is 0.334. The van der Waals surface area contributed by atoms with E-state index in [-0.39, 0.29) is 0 Å². The molecule has 0 aliphatic carbocycles. The van der Waals surface area contributed by atoms with Gasteiger partial charge in [0.05, 0.1) is 13.3 Å². The van der Waals surface area contributed by atoms with E-state index < -0.39 is 31.8 Å². The molecule has 0 saturated heterocycles. The highest BCUT2D eigenvalue weighted by atomic mass is 31.2. The van der Waals surface area contributed by atoms with Crippen LogP contribution in [0.25, 0.3) is 0 Å². The molecule has 3 aromatic carbocycles. The van der Waals surface area contributed by atoms with Gasteiger partial charge >= 0.3 is 5.97 Å². The minimum Gasteiger partial charge on any atom is -0.469 e. The summed E-state index contributed by atoms with van der Waals surface area (Å²) in [6, 6.07) is 28.9. The van der Waals surface area contributed by atoms with Crippen LogP contribution in [0.5, 0.6) is 0 Å². The van der Waals surface area contributed by atoms with Gasteiger partial charge in [-0.1, -0.05) is 91.0 Å². The van der Waals surface area contributed by atoms with Gasteiger partial charge in [-0.15, -0.1) is 0 Å². The van der Waals surface area contributed by atoms with Crippen LogP contribution in [0, 0.1) is 0 Å². The molecule has 0 spiro atoms. The number of amides is 1. The fraction of sp³-hybridized carbons (Fsp3) is 0.231. The number of esters is 1. The fourth-order valence-electron chi connectivity index (χ4n) is 3.62. The van der Waals surface area contributed by atoms with Crippen LogP contribution in [0.1, 0.15) is 23.1 Å². The smallest absolute Gasteiger partial charge is 0.315 e. The van der Waals surface area contributed by atoms with Crippen molar-refractivity contribution in [3.05, 3.63) is 108 Å². The third-order valence-electron chi connectivity index (χ3n) is 5.10. The maximum absolute atomic E-state index is 14.3. The summed E-state index contributed by atoms with van der Waals surface area (Å²) in [5, 5.41) is 6.10. The molecule has 0 fully saturated rings. The van der Waals surface area contributed by atoms with Crippen LogP contribution in [-0.2, 0) is 37.6 Å². The van der Waals surface area contributed by atoms with Crippen molar-refractivity contribution in [2.75, 3.05) is 7.11 Å². The number of methoxy groups -OCH3 is 1. The molecule has 0 radical (unpaired) electrons. The van der Waals surface area contributed by atoms with Crippen molar-refractivity contribution in [3.8, 4) is 0 Å². The number of carbonyl (C=O) groups is 2. The van der Waals surface area contributed by atoms with Gasteiger partial charge in [-0.25, -0.2) is 5.09 Å². The van der Waals surface area contributed by atoms with Crippen LogP contribution in [-0.4, -0.2) is 25.2 Å². The topological polar surface area (TPSA) is 84.5 Å². The normalized spacial score (nSPS) is 12.0. The van der Waals surface area contributed by atoms with Gasteiger partial charge in [0, 0.05) is 18.7 Å². The SMILES string of the molecule is COC(=O)CC(=O)NC(Cc1ccccc1)NP(=O)(Cc1ccccc1)Cc1ccccc1. The molecule has 3 rings (SSSR count). The molecule has 0 bridgehead atoms. The third kappa shape index (κ3) is 8.33. The Morgan fingerprint density at radius 2 is 1.24 bits per heavy atom. The Morgan fingerprint density at radius 1 is 0.788 bits per heavy atom. The Balaban J connectivity index is 1.86. The summed E-state index contributed by atoms with van der Waals surface area (Å²) in [4.78, 5) is 24.0. The summed E-state index contributed by atoms with van der Waals surface area (Å²) in [5.74, 6) is -1.11. The Bertz CT molecular complexity index is 1030. The molecule has 0 heterocycles. The first kappa shape index (κ1) is 24.4. The van der Waals surface area contributed by atoms with Crippen molar-refractivity contribution in [2.45, 2.75) is 31.3 Å². The molecule has 1 unspecified atom stereocenters. The van der Waals surface area contributed by atoms with E-state index in [2.05, 4.69) is 15.1 Å². The number of ether oxygens (including phenoxy) is 1. The van der Waals surface area contributed by atoms with Crippen molar-refractivity contribution in [1.29, 1.82) is 0 Å². The molecule has 1 amide bonds. The Morgan fingerprint density at radius 3 is 1.70 bits per heavy atom. The lowest BCUT2D eigenvalue weighted by Crippen LogP contribution is -2.46. The van der Waals surface area contributed by atoms with Crippen molar-refractivity contribution < 1.29 is 18.9 Å². The van der Waals surface area contributed by atoms with Crippen LogP contribution in [0.15, 0.2) is 91.0 Å². The Labute approximate surface area is 194 Å². The summed E-state index contributed by atoms with van der Waals surface area (Å²) >= 11 is 0. The van der Waals surface area contributed by atoms with Gasteiger partial charge in [-0.2, -0.15) is 0 Å². The number of nitrogens with one attached hydrogen (secondary N) is 2.